The fourth-order valence-corrected chi connectivity index (χ4v) is 4.00. The predicted molar refractivity (Wildman–Crippen MR) is 72.5 cm³/mol. The SMILES string of the molecule is CC1CN(S(=O)(=O)c2c[nH]c3ncccc23)CC(=O)N1. The number of carbonyl (C=O) groups is 1. The van der Waals surface area contributed by atoms with Gasteiger partial charge in [-0.05, 0) is 19.1 Å². The Morgan fingerprint density at radius 2 is 2.25 bits per heavy atom. The van der Waals surface area contributed by atoms with Gasteiger partial charge in [-0.1, -0.05) is 0 Å². The largest absolute Gasteiger partial charge is 0.351 e. The number of aromatic amines is 1. The maximum absolute atomic E-state index is 12.7. The summed E-state index contributed by atoms with van der Waals surface area (Å²) in [5, 5.41) is 3.23. The molecule has 1 atom stereocenters. The summed E-state index contributed by atoms with van der Waals surface area (Å²) in [6.07, 6.45) is 3.01. The quantitative estimate of drug-likeness (QED) is 0.819. The van der Waals surface area contributed by atoms with Crippen LogP contribution in [0, 0.1) is 0 Å². The molecule has 0 radical (unpaired) electrons. The monoisotopic (exact) mass is 294 g/mol. The molecule has 7 nitrogen and oxygen atoms in total. The highest BCUT2D eigenvalue weighted by molar-refractivity contribution is 7.89. The van der Waals surface area contributed by atoms with Crippen molar-refractivity contribution in [1.82, 2.24) is 19.6 Å². The van der Waals surface area contributed by atoms with E-state index in [0.29, 0.717) is 11.0 Å². The Morgan fingerprint density at radius 3 is 3.00 bits per heavy atom. The van der Waals surface area contributed by atoms with E-state index >= 15 is 0 Å². The second-order valence-electron chi connectivity index (χ2n) is 4.82. The first-order valence-corrected chi connectivity index (χ1v) is 7.64. The van der Waals surface area contributed by atoms with Gasteiger partial charge in [-0.2, -0.15) is 4.31 Å². The average Bonchev–Trinajstić information content (AvgIpc) is 2.82. The van der Waals surface area contributed by atoms with E-state index in [-0.39, 0.29) is 29.9 Å². The zero-order valence-corrected chi connectivity index (χ0v) is 11.6. The minimum atomic E-state index is -3.71. The van der Waals surface area contributed by atoms with Crippen molar-refractivity contribution in [3.05, 3.63) is 24.5 Å². The van der Waals surface area contributed by atoms with Crippen LogP contribution in [0.4, 0.5) is 0 Å². The number of nitrogens with zero attached hydrogens (tertiary/aromatic N) is 2. The molecule has 3 rings (SSSR count). The fourth-order valence-electron chi connectivity index (χ4n) is 2.36. The number of aromatic nitrogens is 2. The number of nitrogens with one attached hydrogen (secondary N) is 2. The van der Waals surface area contributed by atoms with Crippen molar-refractivity contribution in [1.29, 1.82) is 0 Å². The van der Waals surface area contributed by atoms with E-state index in [1.165, 1.54) is 10.5 Å². The van der Waals surface area contributed by atoms with Gasteiger partial charge in [-0.25, -0.2) is 13.4 Å². The van der Waals surface area contributed by atoms with Gasteiger partial charge >= 0.3 is 0 Å². The molecule has 106 valence electrons. The van der Waals surface area contributed by atoms with E-state index in [1.54, 1.807) is 25.3 Å². The fraction of sp³-hybridized carbons (Fsp3) is 0.333. The first kappa shape index (κ1) is 13.1. The summed E-state index contributed by atoms with van der Waals surface area (Å²) >= 11 is 0. The summed E-state index contributed by atoms with van der Waals surface area (Å²) in [6.45, 7) is 1.89. The molecule has 3 heterocycles. The summed E-state index contributed by atoms with van der Waals surface area (Å²) in [6, 6.07) is 3.18. The summed E-state index contributed by atoms with van der Waals surface area (Å²) in [7, 11) is -3.71. The third-order valence-electron chi connectivity index (χ3n) is 3.24. The second-order valence-corrected chi connectivity index (χ2v) is 6.72. The molecule has 1 saturated heterocycles. The summed E-state index contributed by atoms with van der Waals surface area (Å²) in [4.78, 5) is 18.6. The van der Waals surface area contributed by atoms with E-state index < -0.39 is 10.0 Å². The Balaban J connectivity index is 2.05. The van der Waals surface area contributed by atoms with E-state index in [4.69, 9.17) is 0 Å². The first-order chi connectivity index (χ1) is 9.48. The van der Waals surface area contributed by atoms with Crippen LogP contribution in [-0.4, -0.2) is 47.7 Å². The van der Waals surface area contributed by atoms with E-state index in [2.05, 4.69) is 15.3 Å². The third kappa shape index (κ3) is 2.06. The van der Waals surface area contributed by atoms with Crippen LogP contribution in [-0.2, 0) is 14.8 Å². The van der Waals surface area contributed by atoms with Crippen molar-refractivity contribution >= 4 is 27.0 Å². The van der Waals surface area contributed by atoms with Gasteiger partial charge in [-0.15, -0.1) is 0 Å². The van der Waals surface area contributed by atoms with Crippen LogP contribution in [0.5, 0.6) is 0 Å². The lowest BCUT2D eigenvalue weighted by Crippen LogP contribution is -2.54. The molecule has 0 aromatic carbocycles. The Labute approximate surface area is 116 Å². The van der Waals surface area contributed by atoms with Crippen LogP contribution in [0.25, 0.3) is 11.0 Å². The number of carbonyl (C=O) groups excluding carboxylic acids is 1. The first-order valence-electron chi connectivity index (χ1n) is 6.20. The lowest BCUT2D eigenvalue weighted by molar-refractivity contribution is -0.123. The number of H-pyrrole nitrogens is 1. The standard InChI is InChI=1S/C12H14N4O3S/c1-8-6-16(7-11(17)15-8)20(18,19)10-5-14-12-9(10)3-2-4-13-12/h2-5,8H,6-7H2,1H3,(H,13,14)(H,15,17). The molecule has 1 aliphatic heterocycles. The summed E-state index contributed by atoms with van der Waals surface area (Å²) in [5.74, 6) is -0.287. The number of amides is 1. The van der Waals surface area contributed by atoms with Gasteiger partial charge in [0.1, 0.15) is 10.5 Å². The maximum Gasteiger partial charge on any atom is 0.245 e. The molecule has 8 heteroatoms. The van der Waals surface area contributed by atoms with Crippen molar-refractivity contribution in [3.63, 3.8) is 0 Å². The van der Waals surface area contributed by atoms with Gasteiger partial charge < -0.3 is 10.3 Å². The molecule has 1 unspecified atom stereocenters. The molecule has 1 aliphatic rings. The molecule has 0 spiro atoms. The average molecular weight is 294 g/mol. The molecule has 0 saturated carbocycles. The van der Waals surface area contributed by atoms with Crippen LogP contribution < -0.4 is 5.32 Å². The molecule has 20 heavy (non-hydrogen) atoms. The lowest BCUT2D eigenvalue weighted by atomic mass is 10.3. The molecule has 2 aromatic heterocycles. The van der Waals surface area contributed by atoms with Crippen molar-refractivity contribution in [2.45, 2.75) is 17.9 Å². The number of rotatable bonds is 2. The Hall–Kier alpha value is -1.93. The van der Waals surface area contributed by atoms with Crippen LogP contribution in [0.15, 0.2) is 29.4 Å². The minimum Gasteiger partial charge on any atom is -0.351 e. The molecule has 2 N–H and O–H groups in total. The molecular weight excluding hydrogens is 280 g/mol. The zero-order chi connectivity index (χ0) is 14.3. The molecule has 2 aromatic rings. The highest BCUT2D eigenvalue weighted by Gasteiger charge is 2.33. The minimum absolute atomic E-state index is 0.153. The molecular formula is C12H14N4O3S. The van der Waals surface area contributed by atoms with Crippen LogP contribution in [0.3, 0.4) is 0 Å². The molecule has 1 fully saturated rings. The van der Waals surface area contributed by atoms with Gasteiger partial charge in [0, 0.05) is 30.4 Å². The lowest BCUT2D eigenvalue weighted by Gasteiger charge is -2.30. The van der Waals surface area contributed by atoms with Crippen molar-refractivity contribution in [2.24, 2.45) is 0 Å². The molecule has 0 aliphatic carbocycles. The zero-order valence-electron chi connectivity index (χ0n) is 10.8. The van der Waals surface area contributed by atoms with E-state index in [0.717, 1.165) is 0 Å². The maximum atomic E-state index is 12.7. The topological polar surface area (TPSA) is 95.2 Å². The number of hydrogen-bond acceptors (Lipinski definition) is 4. The Kier molecular flexibility index (Phi) is 2.98. The van der Waals surface area contributed by atoms with Crippen molar-refractivity contribution < 1.29 is 13.2 Å². The van der Waals surface area contributed by atoms with Crippen LogP contribution in [0.1, 0.15) is 6.92 Å². The van der Waals surface area contributed by atoms with Gasteiger partial charge in [0.25, 0.3) is 0 Å². The molecule has 0 bridgehead atoms. The van der Waals surface area contributed by atoms with Crippen LogP contribution in [0.2, 0.25) is 0 Å². The highest BCUT2D eigenvalue weighted by Crippen LogP contribution is 2.25. The second kappa shape index (κ2) is 4.57. The summed E-state index contributed by atoms with van der Waals surface area (Å²) in [5.41, 5.74) is 0.514. The number of fused-ring (bicyclic) bond motifs is 1. The van der Waals surface area contributed by atoms with Gasteiger partial charge in [0.05, 0.1) is 6.54 Å². The van der Waals surface area contributed by atoms with Crippen LogP contribution >= 0.6 is 0 Å². The van der Waals surface area contributed by atoms with Gasteiger partial charge in [-0.3, -0.25) is 4.79 Å². The summed E-state index contributed by atoms with van der Waals surface area (Å²) < 4.78 is 26.5. The van der Waals surface area contributed by atoms with E-state index in [9.17, 15) is 13.2 Å². The van der Waals surface area contributed by atoms with Crippen molar-refractivity contribution in [2.75, 3.05) is 13.1 Å². The van der Waals surface area contributed by atoms with Crippen molar-refractivity contribution in [3.8, 4) is 0 Å². The van der Waals surface area contributed by atoms with Gasteiger partial charge in [0.2, 0.25) is 15.9 Å². The molecule has 1 amide bonds. The third-order valence-corrected chi connectivity index (χ3v) is 5.09. The highest BCUT2D eigenvalue weighted by atomic mass is 32.2. The number of hydrogen-bond donors (Lipinski definition) is 2. The smallest absolute Gasteiger partial charge is 0.245 e. The predicted octanol–water partition coefficient (Wildman–Crippen LogP) is 0.0719. The Bertz CT molecular complexity index is 768. The van der Waals surface area contributed by atoms with E-state index in [1.807, 2.05) is 0 Å². The Morgan fingerprint density at radius 1 is 1.45 bits per heavy atom. The van der Waals surface area contributed by atoms with Gasteiger partial charge in [0.15, 0.2) is 0 Å². The number of piperazine rings is 1. The number of sulfonamides is 1. The normalized spacial score (nSPS) is 21.1. The number of pyridine rings is 1.